The summed E-state index contributed by atoms with van der Waals surface area (Å²) < 4.78 is 0. The van der Waals surface area contributed by atoms with Crippen molar-refractivity contribution in [1.82, 2.24) is 0 Å². The number of nitrogens with zero attached hydrogens (tertiary/aromatic N) is 2. The summed E-state index contributed by atoms with van der Waals surface area (Å²) in [6, 6.07) is 7.80. The van der Waals surface area contributed by atoms with Gasteiger partial charge in [-0.25, -0.2) is 4.85 Å². The van der Waals surface area contributed by atoms with Gasteiger partial charge in [-0.05, 0) is 31.0 Å². The number of benzene rings is 1. The Morgan fingerprint density at radius 2 is 2.40 bits per heavy atom. The molecule has 78 valence electrons. The Morgan fingerprint density at radius 3 is 3.07 bits per heavy atom. The molecule has 1 aliphatic heterocycles. The average Bonchev–Trinajstić information content (AvgIpc) is 2.78. The maximum Gasteiger partial charge on any atom is 0.189 e. The van der Waals surface area contributed by atoms with Crippen LogP contribution in [0.4, 0.5) is 11.4 Å². The highest BCUT2D eigenvalue weighted by molar-refractivity contribution is 5.59. The molecule has 3 heteroatoms. The van der Waals surface area contributed by atoms with Crippen LogP contribution in [0, 0.1) is 12.5 Å². The van der Waals surface area contributed by atoms with E-state index >= 15 is 0 Å². The quantitative estimate of drug-likeness (QED) is 0.743. The van der Waals surface area contributed by atoms with Crippen LogP contribution >= 0.6 is 0 Å². The third-order valence-corrected chi connectivity index (χ3v) is 2.94. The van der Waals surface area contributed by atoms with Crippen molar-refractivity contribution >= 4 is 11.4 Å². The number of nitrogens with two attached hydrogens (primary N) is 1. The van der Waals surface area contributed by atoms with E-state index in [0.29, 0.717) is 11.6 Å². The Bertz CT molecular complexity index is 381. The summed E-state index contributed by atoms with van der Waals surface area (Å²) in [5, 5.41) is 0. The number of hydrogen-bond acceptors (Lipinski definition) is 2. The van der Waals surface area contributed by atoms with Gasteiger partial charge in [-0.2, -0.15) is 0 Å². The van der Waals surface area contributed by atoms with E-state index in [4.69, 9.17) is 12.3 Å². The van der Waals surface area contributed by atoms with Crippen LogP contribution in [-0.4, -0.2) is 19.6 Å². The summed E-state index contributed by atoms with van der Waals surface area (Å²) in [6.45, 7) is 9.82. The predicted octanol–water partition coefficient (Wildman–Crippen LogP) is 2.02. The Balaban J connectivity index is 2.14. The lowest BCUT2D eigenvalue weighted by Crippen LogP contribution is -2.22. The summed E-state index contributed by atoms with van der Waals surface area (Å²) >= 11 is 0. The van der Waals surface area contributed by atoms with Crippen LogP contribution in [0.2, 0.25) is 0 Å². The normalized spacial score (nSPS) is 20.3. The molecule has 0 radical (unpaired) electrons. The lowest BCUT2D eigenvalue weighted by Gasteiger charge is -2.18. The highest BCUT2D eigenvalue weighted by atomic mass is 15.2. The molecule has 1 atom stereocenters. The fourth-order valence-electron chi connectivity index (χ4n) is 2.02. The lowest BCUT2D eigenvalue weighted by atomic mass is 10.1. The molecule has 1 aromatic rings. The zero-order valence-electron chi connectivity index (χ0n) is 8.69. The van der Waals surface area contributed by atoms with Crippen molar-refractivity contribution < 1.29 is 0 Å². The SMILES string of the molecule is [C-]#[N+]c1cccc(N2CCC(CN)C2)c1. The molecule has 3 nitrogen and oxygen atoms in total. The molecule has 1 saturated heterocycles. The van der Waals surface area contributed by atoms with Gasteiger partial charge in [0.05, 0.1) is 6.57 Å². The fourth-order valence-corrected chi connectivity index (χ4v) is 2.02. The van der Waals surface area contributed by atoms with Gasteiger partial charge in [-0.15, -0.1) is 0 Å². The molecule has 0 aromatic heterocycles. The van der Waals surface area contributed by atoms with Crippen LogP contribution < -0.4 is 10.6 Å². The molecule has 1 aromatic carbocycles. The van der Waals surface area contributed by atoms with Crippen molar-refractivity contribution in [2.24, 2.45) is 11.7 Å². The first-order valence-corrected chi connectivity index (χ1v) is 5.26. The number of anilines is 1. The minimum Gasteiger partial charge on any atom is -0.372 e. The maximum absolute atomic E-state index is 6.97. The molecule has 1 fully saturated rings. The number of hydrogen-bond donors (Lipinski definition) is 1. The van der Waals surface area contributed by atoms with Gasteiger partial charge in [0.2, 0.25) is 0 Å². The first kappa shape index (κ1) is 10.0. The van der Waals surface area contributed by atoms with Gasteiger partial charge in [0.1, 0.15) is 0 Å². The van der Waals surface area contributed by atoms with E-state index in [1.165, 1.54) is 6.42 Å². The van der Waals surface area contributed by atoms with Crippen LogP contribution in [0.25, 0.3) is 4.85 Å². The molecule has 0 saturated carbocycles. The molecule has 1 heterocycles. The molecular formula is C12H15N3. The van der Waals surface area contributed by atoms with Crippen molar-refractivity contribution in [2.45, 2.75) is 6.42 Å². The molecule has 1 aliphatic rings. The van der Waals surface area contributed by atoms with E-state index in [1.807, 2.05) is 18.2 Å². The largest absolute Gasteiger partial charge is 0.372 e. The highest BCUT2D eigenvalue weighted by Crippen LogP contribution is 2.26. The van der Waals surface area contributed by atoms with E-state index in [9.17, 15) is 0 Å². The van der Waals surface area contributed by atoms with Crippen LogP contribution in [0.3, 0.4) is 0 Å². The second-order valence-corrected chi connectivity index (χ2v) is 3.97. The van der Waals surface area contributed by atoms with Crippen molar-refractivity contribution in [3.63, 3.8) is 0 Å². The zero-order valence-corrected chi connectivity index (χ0v) is 8.69. The second-order valence-electron chi connectivity index (χ2n) is 3.97. The Labute approximate surface area is 90.3 Å². The van der Waals surface area contributed by atoms with Crippen LogP contribution in [0.15, 0.2) is 24.3 Å². The lowest BCUT2D eigenvalue weighted by molar-refractivity contribution is 0.603. The standard InChI is InChI=1S/C12H15N3/c1-14-11-3-2-4-12(7-11)15-6-5-10(8-13)9-15/h2-4,7,10H,5-6,8-9,13H2. The first-order chi connectivity index (χ1) is 7.33. The summed E-state index contributed by atoms with van der Waals surface area (Å²) in [6.07, 6.45) is 1.17. The van der Waals surface area contributed by atoms with E-state index in [0.717, 1.165) is 25.3 Å². The van der Waals surface area contributed by atoms with E-state index in [1.54, 1.807) is 0 Å². The number of rotatable bonds is 2. The zero-order chi connectivity index (χ0) is 10.7. The Hall–Kier alpha value is -1.53. The molecule has 0 aliphatic carbocycles. The van der Waals surface area contributed by atoms with E-state index < -0.39 is 0 Å². The summed E-state index contributed by atoms with van der Waals surface area (Å²) in [4.78, 5) is 5.75. The van der Waals surface area contributed by atoms with Gasteiger partial charge >= 0.3 is 0 Å². The molecule has 0 bridgehead atoms. The third-order valence-electron chi connectivity index (χ3n) is 2.94. The highest BCUT2D eigenvalue weighted by Gasteiger charge is 2.21. The second kappa shape index (κ2) is 4.33. The Morgan fingerprint density at radius 1 is 1.53 bits per heavy atom. The van der Waals surface area contributed by atoms with Crippen LogP contribution in [0.5, 0.6) is 0 Å². The molecule has 15 heavy (non-hydrogen) atoms. The van der Waals surface area contributed by atoms with E-state index in [-0.39, 0.29) is 0 Å². The molecule has 2 N–H and O–H groups in total. The van der Waals surface area contributed by atoms with Gasteiger partial charge in [-0.3, -0.25) is 0 Å². The van der Waals surface area contributed by atoms with Crippen molar-refractivity contribution in [3.8, 4) is 0 Å². The molecule has 0 spiro atoms. The van der Waals surface area contributed by atoms with Crippen molar-refractivity contribution in [3.05, 3.63) is 35.7 Å². The van der Waals surface area contributed by atoms with Gasteiger partial charge in [-0.1, -0.05) is 12.1 Å². The predicted molar refractivity (Wildman–Crippen MR) is 62.1 cm³/mol. The molecule has 0 amide bonds. The minimum absolute atomic E-state index is 0.613. The van der Waals surface area contributed by atoms with E-state index in [2.05, 4.69) is 15.8 Å². The molecule has 2 rings (SSSR count). The minimum atomic E-state index is 0.613. The summed E-state index contributed by atoms with van der Waals surface area (Å²) in [5.74, 6) is 0.613. The monoisotopic (exact) mass is 201 g/mol. The molecular weight excluding hydrogens is 186 g/mol. The van der Waals surface area contributed by atoms with Gasteiger partial charge in [0, 0.05) is 18.8 Å². The van der Waals surface area contributed by atoms with Crippen LogP contribution in [-0.2, 0) is 0 Å². The van der Waals surface area contributed by atoms with Gasteiger partial charge in [0.25, 0.3) is 0 Å². The topological polar surface area (TPSA) is 33.6 Å². The summed E-state index contributed by atoms with van der Waals surface area (Å²) in [7, 11) is 0. The Kier molecular flexibility index (Phi) is 2.89. The molecule has 1 unspecified atom stereocenters. The first-order valence-electron chi connectivity index (χ1n) is 5.26. The van der Waals surface area contributed by atoms with Gasteiger partial charge in [0.15, 0.2) is 5.69 Å². The van der Waals surface area contributed by atoms with Crippen molar-refractivity contribution in [1.29, 1.82) is 0 Å². The smallest absolute Gasteiger partial charge is 0.189 e. The third kappa shape index (κ3) is 2.11. The van der Waals surface area contributed by atoms with Gasteiger partial charge < -0.3 is 10.6 Å². The fraction of sp³-hybridized carbons (Fsp3) is 0.417. The average molecular weight is 201 g/mol. The van der Waals surface area contributed by atoms with Crippen LogP contribution in [0.1, 0.15) is 6.42 Å². The maximum atomic E-state index is 6.97. The summed E-state index contributed by atoms with van der Waals surface area (Å²) in [5.41, 5.74) is 7.52. The van der Waals surface area contributed by atoms with Crippen molar-refractivity contribution in [2.75, 3.05) is 24.5 Å².